The molecule has 2 aromatic heterocycles. The summed E-state index contributed by atoms with van der Waals surface area (Å²) in [5.74, 6) is 0.997. The summed E-state index contributed by atoms with van der Waals surface area (Å²) in [6.45, 7) is 4.26. The molecule has 0 amide bonds. The summed E-state index contributed by atoms with van der Waals surface area (Å²) >= 11 is 6.37. The molecule has 0 spiro atoms. The Morgan fingerprint density at radius 3 is 2.62 bits per heavy atom. The number of carboxylic acid groups (broad SMARTS) is 1. The average Bonchev–Trinajstić information content (AvgIpc) is 3.23. The van der Waals surface area contributed by atoms with Gasteiger partial charge in [0.05, 0.1) is 48.9 Å². The molecule has 2 saturated heterocycles. The number of halogens is 1. The van der Waals surface area contributed by atoms with Crippen molar-refractivity contribution in [2.75, 3.05) is 43.7 Å². The number of hydrogen-bond donors (Lipinski definition) is 1. The molecule has 2 aliphatic rings. The second kappa shape index (κ2) is 10.6. The molecule has 2 fully saturated rings. The minimum Gasteiger partial charge on any atom is -0.481 e. The zero-order valence-electron chi connectivity index (χ0n) is 19.6. The first-order valence-electron chi connectivity index (χ1n) is 11.3. The molecule has 0 unspecified atom stereocenters. The maximum atomic E-state index is 11.3. The third kappa shape index (κ3) is 5.44. The van der Waals surface area contributed by atoms with Crippen molar-refractivity contribution in [2.45, 2.75) is 44.4 Å². The lowest BCUT2D eigenvalue weighted by Crippen LogP contribution is -2.44. The summed E-state index contributed by atoms with van der Waals surface area (Å²) in [6, 6.07) is 1.68. The quantitative estimate of drug-likeness (QED) is 0.591. The van der Waals surface area contributed by atoms with Crippen LogP contribution in [0.5, 0.6) is 11.8 Å². The van der Waals surface area contributed by atoms with E-state index in [2.05, 4.69) is 26.8 Å². The third-order valence-electron chi connectivity index (χ3n) is 6.49. The molecule has 11 heteroatoms. The van der Waals surface area contributed by atoms with Gasteiger partial charge >= 0.3 is 5.97 Å². The molecule has 1 N–H and O–H groups in total. The van der Waals surface area contributed by atoms with Crippen molar-refractivity contribution >= 4 is 29.1 Å². The predicted octanol–water partition coefficient (Wildman–Crippen LogP) is 2.90. The molecule has 2 aromatic rings. The highest BCUT2D eigenvalue weighted by Crippen LogP contribution is 2.33. The normalized spacial score (nSPS) is 24.8. The number of aliphatic carboxylic acids is 1. The Bertz CT molecular complexity index is 994. The van der Waals surface area contributed by atoms with Crippen molar-refractivity contribution in [1.82, 2.24) is 15.0 Å². The first-order valence-corrected chi connectivity index (χ1v) is 11.7. The van der Waals surface area contributed by atoms with E-state index >= 15 is 0 Å². The topological polar surface area (TPSA) is 110 Å². The summed E-state index contributed by atoms with van der Waals surface area (Å²) in [5, 5.41) is 9.83. The van der Waals surface area contributed by atoms with Crippen LogP contribution in [0.2, 0.25) is 5.02 Å². The highest BCUT2D eigenvalue weighted by molar-refractivity contribution is 6.33. The molecule has 0 saturated carbocycles. The summed E-state index contributed by atoms with van der Waals surface area (Å²) < 4.78 is 16.8. The number of anilines is 2. The molecule has 10 nitrogen and oxygen atoms in total. The Morgan fingerprint density at radius 2 is 1.97 bits per heavy atom. The van der Waals surface area contributed by atoms with Crippen LogP contribution in [0.4, 0.5) is 11.5 Å². The van der Waals surface area contributed by atoms with Crippen LogP contribution in [0.15, 0.2) is 24.7 Å². The second-order valence-corrected chi connectivity index (χ2v) is 9.16. The largest absolute Gasteiger partial charge is 0.481 e. The molecule has 0 aliphatic carbocycles. The Kier molecular flexibility index (Phi) is 7.57. The maximum Gasteiger partial charge on any atom is 0.305 e. The predicted molar refractivity (Wildman–Crippen MR) is 127 cm³/mol. The molecule has 4 rings (SSSR count). The van der Waals surface area contributed by atoms with Gasteiger partial charge in [-0.15, -0.1) is 0 Å². The van der Waals surface area contributed by atoms with Gasteiger partial charge in [0.1, 0.15) is 11.9 Å². The van der Waals surface area contributed by atoms with Gasteiger partial charge in [0, 0.05) is 51.2 Å². The van der Waals surface area contributed by atoms with E-state index in [1.807, 2.05) is 11.0 Å². The Balaban J connectivity index is 1.38. The summed E-state index contributed by atoms with van der Waals surface area (Å²) in [4.78, 5) is 28.5. The summed E-state index contributed by atoms with van der Waals surface area (Å²) in [6.07, 6.45) is 6.30. The van der Waals surface area contributed by atoms with Crippen molar-refractivity contribution in [3.8, 4) is 11.8 Å². The number of piperidine rings is 1. The summed E-state index contributed by atoms with van der Waals surface area (Å²) in [7, 11) is 3.22. The molecular weight excluding hydrogens is 462 g/mol. The minimum atomic E-state index is -0.841. The number of ether oxygens (including phenoxy) is 3. The average molecular weight is 492 g/mol. The van der Waals surface area contributed by atoms with E-state index in [9.17, 15) is 9.90 Å². The summed E-state index contributed by atoms with van der Waals surface area (Å²) in [5.41, 5.74) is 0.902. The van der Waals surface area contributed by atoms with E-state index in [0.717, 1.165) is 25.2 Å². The van der Waals surface area contributed by atoms with Gasteiger partial charge in [0.25, 0.3) is 0 Å². The van der Waals surface area contributed by atoms with E-state index in [1.165, 1.54) is 0 Å². The molecule has 0 radical (unpaired) electrons. The van der Waals surface area contributed by atoms with E-state index in [0.29, 0.717) is 35.6 Å². The number of carboxylic acids is 1. The van der Waals surface area contributed by atoms with Crippen LogP contribution in [0.1, 0.15) is 26.2 Å². The standard InChI is InChI=1S/C23H30ClN5O5/c1-14-12-28(18-8-21(33-3)26-9-17(18)24)5-4-19(14)34-22-11-25-20(10-27-22)29-13-16(32-2)6-15(29)7-23(30)31/h8-11,14-16,19H,4-7,12-13H2,1-3H3,(H,30,31)/t14-,15+,16-,19-/m1/s1. The van der Waals surface area contributed by atoms with Gasteiger partial charge in [-0.25, -0.2) is 15.0 Å². The number of pyridine rings is 1. The molecule has 4 atom stereocenters. The zero-order chi connectivity index (χ0) is 24.2. The van der Waals surface area contributed by atoms with Gasteiger partial charge in [-0.3, -0.25) is 4.79 Å². The lowest BCUT2D eigenvalue weighted by Gasteiger charge is -2.38. The fourth-order valence-electron chi connectivity index (χ4n) is 4.68. The van der Waals surface area contributed by atoms with Crippen LogP contribution in [0.3, 0.4) is 0 Å². The molecular formula is C23H30ClN5O5. The molecule has 34 heavy (non-hydrogen) atoms. The molecule has 184 valence electrons. The van der Waals surface area contributed by atoms with Crippen LogP contribution in [0, 0.1) is 5.92 Å². The van der Waals surface area contributed by atoms with Gasteiger partial charge in [-0.1, -0.05) is 18.5 Å². The number of carbonyl (C=O) groups is 1. The minimum absolute atomic E-state index is 0.0108. The van der Waals surface area contributed by atoms with Gasteiger partial charge < -0.3 is 29.1 Å². The lowest BCUT2D eigenvalue weighted by molar-refractivity contribution is -0.137. The number of nitrogens with zero attached hydrogens (tertiary/aromatic N) is 5. The monoisotopic (exact) mass is 491 g/mol. The van der Waals surface area contributed by atoms with Crippen LogP contribution in [0.25, 0.3) is 0 Å². The zero-order valence-corrected chi connectivity index (χ0v) is 20.3. The Labute approximate surface area is 203 Å². The van der Waals surface area contributed by atoms with Crippen molar-refractivity contribution in [3.63, 3.8) is 0 Å². The van der Waals surface area contributed by atoms with E-state index in [-0.39, 0.29) is 30.6 Å². The smallest absolute Gasteiger partial charge is 0.305 e. The fraction of sp³-hybridized carbons (Fsp3) is 0.565. The molecule has 0 aromatic carbocycles. The van der Waals surface area contributed by atoms with Crippen molar-refractivity contribution < 1.29 is 24.1 Å². The SMILES string of the molecule is COc1cc(N2CC[C@@H](Oc3cnc(N4C[C@H](OC)C[C@H]4CC(=O)O)cn3)[C@H](C)C2)c(Cl)cn1. The Hall–Kier alpha value is -2.85. The fourth-order valence-corrected chi connectivity index (χ4v) is 4.90. The van der Waals surface area contributed by atoms with E-state index in [1.54, 1.807) is 32.8 Å². The van der Waals surface area contributed by atoms with Crippen LogP contribution in [-0.4, -0.2) is 78.1 Å². The number of aromatic nitrogens is 3. The van der Waals surface area contributed by atoms with E-state index in [4.69, 9.17) is 25.8 Å². The highest BCUT2D eigenvalue weighted by atomic mass is 35.5. The van der Waals surface area contributed by atoms with Crippen molar-refractivity contribution in [2.24, 2.45) is 5.92 Å². The molecule has 0 bridgehead atoms. The molecule has 2 aliphatic heterocycles. The van der Waals surface area contributed by atoms with Gasteiger partial charge in [0.2, 0.25) is 11.8 Å². The number of rotatable bonds is 8. The van der Waals surface area contributed by atoms with Crippen molar-refractivity contribution in [3.05, 3.63) is 29.7 Å². The van der Waals surface area contributed by atoms with Crippen LogP contribution >= 0.6 is 11.6 Å². The third-order valence-corrected chi connectivity index (χ3v) is 6.78. The highest BCUT2D eigenvalue weighted by Gasteiger charge is 2.35. The van der Waals surface area contributed by atoms with Crippen LogP contribution < -0.4 is 19.3 Å². The molecule has 4 heterocycles. The van der Waals surface area contributed by atoms with E-state index < -0.39 is 5.97 Å². The maximum absolute atomic E-state index is 11.3. The van der Waals surface area contributed by atoms with Crippen LogP contribution in [-0.2, 0) is 9.53 Å². The van der Waals surface area contributed by atoms with Gasteiger partial charge in [-0.2, -0.15) is 0 Å². The lowest BCUT2D eigenvalue weighted by atomic mass is 9.96. The first-order chi connectivity index (χ1) is 16.4. The van der Waals surface area contributed by atoms with Gasteiger partial charge in [-0.05, 0) is 6.42 Å². The number of methoxy groups -OCH3 is 2. The number of hydrogen-bond acceptors (Lipinski definition) is 9. The van der Waals surface area contributed by atoms with Crippen molar-refractivity contribution in [1.29, 1.82) is 0 Å². The van der Waals surface area contributed by atoms with Gasteiger partial charge in [0.15, 0.2) is 0 Å². The Morgan fingerprint density at radius 1 is 1.18 bits per heavy atom. The first kappa shape index (κ1) is 24.3. The second-order valence-electron chi connectivity index (χ2n) is 8.76.